The molecule has 0 bridgehead atoms. The lowest BCUT2D eigenvalue weighted by Gasteiger charge is -2.39. The molecule has 0 aromatic carbocycles. The molecular formula is C12H21NO10S2. The SMILES string of the molecule is C=CC[C@H](O)CC(=NOS(=O)(=O)O)S[C@@H]1O[C@H](CO)[C@@H](O)[C@H](O)[C@H]1O. The first-order valence-corrected chi connectivity index (χ1v) is 9.32. The molecule has 0 amide bonds. The van der Waals surface area contributed by atoms with Gasteiger partial charge in [0.2, 0.25) is 0 Å². The van der Waals surface area contributed by atoms with Gasteiger partial charge in [-0.25, -0.2) is 4.28 Å². The zero-order valence-electron chi connectivity index (χ0n) is 12.9. The van der Waals surface area contributed by atoms with Gasteiger partial charge >= 0.3 is 10.4 Å². The zero-order chi connectivity index (χ0) is 19.2. The van der Waals surface area contributed by atoms with E-state index in [-0.39, 0.29) is 17.9 Å². The second-order valence-electron chi connectivity index (χ2n) is 5.18. The minimum atomic E-state index is -4.89. The van der Waals surface area contributed by atoms with Gasteiger partial charge in [0.05, 0.1) is 12.7 Å². The number of rotatable bonds is 8. The largest absolute Gasteiger partial charge is 0.466 e. The average molecular weight is 403 g/mol. The molecule has 25 heavy (non-hydrogen) atoms. The van der Waals surface area contributed by atoms with Crippen molar-refractivity contribution in [2.45, 2.75) is 48.8 Å². The Hall–Kier alpha value is -0.770. The van der Waals surface area contributed by atoms with Gasteiger partial charge in [-0.15, -0.1) is 6.58 Å². The van der Waals surface area contributed by atoms with Crippen LogP contribution in [0.2, 0.25) is 0 Å². The fourth-order valence-corrected chi connectivity index (χ4v) is 3.34. The molecule has 0 aliphatic carbocycles. The molecule has 0 aromatic heterocycles. The van der Waals surface area contributed by atoms with Gasteiger partial charge in [-0.1, -0.05) is 23.0 Å². The van der Waals surface area contributed by atoms with Crippen molar-refractivity contribution < 1.29 is 47.5 Å². The molecule has 0 spiro atoms. The first-order chi connectivity index (χ1) is 11.6. The van der Waals surface area contributed by atoms with Gasteiger partial charge in [-0.2, -0.15) is 8.42 Å². The fourth-order valence-electron chi connectivity index (χ4n) is 1.97. The molecule has 6 atom stereocenters. The highest BCUT2D eigenvalue weighted by Gasteiger charge is 2.44. The molecule has 0 radical (unpaired) electrons. The van der Waals surface area contributed by atoms with E-state index in [1.54, 1.807) is 0 Å². The summed E-state index contributed by atoms with van der Waals surface area (Å²) in [5.74, 6) is 0. The quantitative estimate of drug-likeness (QED) is 0.0863. The number of ether oxygens (including phenoxy) is 1. The zero-order valence-corrected chi connectivity index (χ0v) is 14.6. The van der Waals surface area contributed by atoms with E-state index < -0.39 is 53.0 Å². The highest BCUT2D eigenvalue weighted by Crippen LogP contribution is 2.30. The van der Waals surface area contributed by atoms with Crippen LogP contribution in [0, 0.1) is 0 Å². The van der Waals surface area contributed by atoms with E-state index in [1.165, 1.54) is 6.08 Å². The first-order valence-electron chi connectivity index (χ1n) is 7.08. The Kier molecular flexibility index (Phi) is 8.73. The van der Waals surface area contributed by atoms with Crippen molar-refractivity contribution in [2.24, 2.45) is 5.16 Å². The van der Waals surface area contributed by atoms with Gasteiger partial charge in [0, 0.05) is 6.42 Å². The lowest BCUT2D eigenvalue weighted by atomic mass is 10.0. The molecule has 1 rings (SSSR count). The Bertz CT molecular complexity index is 566. The summed E-state index contributed by atoms with van der Waals surface area (Å²) in [7, 11) is -4.89. The van der Waals surface area contributed by atoms with Crippen molar-refractivity contribution >= 4 is 27.2 Å². The van der Waals surface area contributed by atoms with Crippen LogP contribution in [-0.2, 0) is 19.4 Å². The van der Waals surface area contributed by atoms with Crippen LogP contribution in [0.4, 0.5) is 0 Å². The van der Waals surface area contributed by atoms with Crippen LogP contribution in [0.15, 0.2) is 17.8 Å². The first kappa shape index (κ1) is 22.3. The van der Waals surface area contributed by atoms with Crippen LogP contribution in [0.25, 0.3) is 0 Å². The van der Waals surface area contributed by atoms with Crippen LogP contribution in [0.3, 0.4) is 0 Å². The highest BCUT2D eigenvalue weighted by atomic mass is 32.3. The third-order valence-corrected chi connectivity index (χ3v) is 4.58. The maximum atomic E-state index is 10.6. The van der Waals surface area contributed by atoms with E-state index in [0.717, 1.165) is 0 Å². The molecule has 1 heterocycles. The van der Waals surface area contributed by atoms with Crippen molar-refractivity contribution in [3.8, 4) is 0 Å². The Morgan fingerprint density at radius 3 is 2.48 bits per heavy atom. The van der Waals surface area contributed by atoms with E-state index in [1.807, 2.05) is 0 Å². The third-order valence-electron chi connectivity index (χ3n) is 3.18. The van der Waals surface area contributed by atoms with Crippen LogP contribution >= 0.6 is 11.8 Å². The molecule has 0 aromatic rings. The molecule has 13 heteroatoms. The van der Waals surface area contributed by atoms with Gasteiger partial charge in [0.15, 0.2) is 0 Å². The summed E-state index contributed by atoms with van der Waals surface area (Å²) >= 11 is 0.594. The fraction of sp³-hybridized carbons (Fsp3) is 0.750. The van der Waals surface area contributed by atoms with Gasteiger partial charge < -0.3 is 30.3 Å². The maximum Gasteiger partial charge on any atom is 0.466 e. The molecule has 0 unspecified atom stereocenters. The standard InChI is InChI=1S/C12H21NO10S2/c1-2-3-6(15)4-8(13-23-25(19,20)21)24-12-11(18)10(17)9(16)7(5-14)22-12/h2,6-7,9-12,14-18H,1,3-5H2,(H,19,20,21)/t6-,7+,9+,10-,11+,12-/m0/s1. The van der Waals surface area contributed by atoms with E-state index in [4.69, 9.17) is 14.4 Å². The van der Waals surface area contributed by atoms with E-state index in [2.05, 4.69) is 16.0 Å². The van der Waals surface area contributed by atoms with Gasteiger partial charge in [-0.3, -0.25) is 4.55 Å². The number of thioether (sulfide) groups is 1. The van der Waals surface area contributed by atoms with E-state index in [0.29, 0.717) is 11.8 Å². The topological polar surface area (TPSA) is 186 Å². The van der Waals surface area contributed by atoms with Crippen molar-refractivity contribution in [2.75, 3.05) is 6.61 Å². The minimum Gasteiger partial charge on any atom is -0.394 e. The Balaban J connectivity index is 2.92. The molecule has 0 saturated carbocycles. The lowest BCUT2D eigenvalue weighted by Crippen LogP contribution is -2.57. The van der Waals surface area contributed by atoms with Crippen molar-refractivity contribution in [1.29, 1.82) is 0 Å². The normalized spacial score (nSPS) is 32.2. The average Bonchev–Trinajstić information content (AvgIpc) is 2.52. The summed E-state index contributed by atoms with van der Waals surface area (Å²) in [6.07, 6.45) is -5.67. The monoisotopic (exact) mass is 403 g/mol. The van der Waals surface area contributed by atoms with Crippen molar-refractivity contribution in [3.63, 3.8) is 0 Å². The number of oxime groups is 1. The smallest absolute Gasteiger partial charge is 0.394 e. The van der Waals surface area contributed by atoms with Crippen LogP contribution in [0.1, 0.15) is 12.8 Å². The predicted molar refractivity (Wildman–Crippen MR) is 86.9 cm³/mol. The number of aliphatic hydroxyl groups is 5. The van der Waals surface area contributed by atoms with E-state index >= 15 is 0 Å². The van der Waals surface area contributed by atoms with Crippen molar-refractivity contribution in [3.05, 3.63) is 12.7 Å². The predicted octanol–water partition coefficient (Wildman–Crippen LogP) is -2.02. The maximum absolute atomic E-state index is 10.6. The Morgan fingerprint density at radius 1 is 1.32 bits per heavy atom. The molecule has 1 aliphatic rings. The van der Waals surface area contributed by atoms with Crippen LogP contribution in [-0.4, -0.2) is 86.1 Å². The summed E-state index contributed by atoms with van der Waals surface area (Å²) < 4.78 is 39.0. The third kappa shape index (κ3) is 7.16. The van der Waals surface area contributed by atoms with Crippen LogP contribution < -0.4 is 0 Å². The summed E-state index contributed by atoms with van der Waals surface area (Å²) in [4.78, 5) is 0. The van der Waals surface area contributed by atoms with Gasteiger partial charge in [-0.05, 0) is 6.42 Å². The number of hydrogen-bond donors (Lipinski definition) is 6. The lowest BCUT2D eigenvalue weighted by molar-refractivity contribution is -0.205. The molecule has 11 nitrogen and oxygen atoms in total. The number of nitrogens with zero attached hydrogens (tertiary/aromatic N) is 1. The molecule has 1 fully saturated rings. The molecular weight excluding hydrogens is 382 g/mol. The molecule has 6 N–H and O–H groups in total. The Morgan fingerprint density at radius 2 is 1.96 bits per heavy atom. The second-order valence-corrected chi connectivity index (χ2v) is 7.36. The minimum absolute atomic E-state index is 0.139. The van der Waals surface area contributed by atoms with Crippen molar-refractivity contribution in [1.82, 2.24) is 0 Å². The number of aliphatic hydroxyl groups excluding tert-OH is 5. The Labute approximate surface area is 148 Å². The highest BCUT2D eigenvalue weighted by molar-refractivity contribution is 8.14. The molecule has 1 saturated heterocycles. The second kappa shape index (κ2) is 9.80. The summed E-state index contributed by atoms with van der Waals surface area (Å²) in [6, 6.07) is 0. The van der Waals surface area contributed by atoms with Gasteiger partial charge in [0.1, 0.15) is 34.9 Å². The summed E-state index contributed by atoms with van der Waals surface area (Å²) in [6.45, 7) is 2.79. The summed E-state index contributed by atoms with van der Waals surface area (Å²) in [5.41, 5.74) is -1.25. The molecule has 146 valence electrons. The van der Waals surface area contributed by atoms with E-state index in [9.17, 15) is 28.8 Å². The van der Waals surface area contributed by atoms with Crippen LogP contribution in [0.5, 0.6) is 0 Å². The number of hydrogen-bond acceptors (Lipinski definition) is 11. The molecule has 1 aliphatic heterocycles. The van der Waals surface area contributed by atoms with Gasteiger partial charge in [0.25, 0.3) is 0 Å². The summed E-state index contributed by atoms with van der Waals surface area (Å²) in [5, 5.41) is 51.3.